The maximum absolute atomic E-state index is 12.5. The molecule has 0 saturated heterocycles. The van der Waals surface area contributed by atoms with E-state index in [4.69, 9.17) is 0 Å². The highest BCUT2D eigenvalue weighted by Crippen LogP contribution is 2.20. The minimum Gasteiger partial charge on any atom is -0.289 e. The fraction of sp³-hybridized carbons (Fsp3) is 0.211. The van der Waals surface area contributed by atoms with Gasteiger partial charge in [0.05, 0.1) is 15.4 Å². The molecule has 0 amide bonds. The molecule has 142 valence electrons. The molecule has 0 aliphatic heterocycles. The van der Waals surface area contributed by atoms with Gasteiger partial charge in [-0.1, -0.05) is 26.0 Å². The van der Waals surface area contributed by atoms with Gasteiger partial charge in [-0.3, -0.25) is 14.9 Å². The number of nitrogens with zero attached hydrogens (tertiary/aromatic N) is 2. The quantitative estimate of drug-likeness (QED) is 0.298. The standard InChI is InChI=1S/C19H20N2O5S/c1-3-20(4-2)27(25,26)17-12-9-16(10-13-17)19(22)14-11-15-7-5-6-8-18(15)21(23)24/h5-14H,3-4H2,1-2H3/b14-11+. The molecule has 0 unspecified atom stereocenters. The van der Waals surface area contributed by atoms with E-state index in [0.29, 0.717) is 24.2 Å². The summed E-state index contributed by atoms with van der Waals surface area (Å²) in [6.45, 7) is 4.23. The Bertz CT molecular complexity index is 962. The fourth-order valence-electron chi connectivity index (χ4n) is 2.56. The number of allylic oxidation sites excluding steroid dienone is 1. The van der Waals surface area contributed by atoms with E-state index >= 15 is 0 Å². The number of benzene rings is 2. The average molecular weight is 388 g/mol. The Kier molecular flexibility index (Phi) is 6.59. The normalized spacial score (nSPS) is 11.8. The lowest BCUT2D eigenvalue weighted by molar-refractivity contribution is -0.385. The van der Waals surface area contributed by atoms with Crippen molar-refractivity contribution in [3.05, 3.63) is 75.8 Å². The Morgan fingerprint density at radius 1 is 1.07 bits per heavy atom. The van der Waals surface area contributed by atoms with Gasteiger partial charge in [0, 0.05) is 24.7 Å². The molecule has 0 N–H and O–H groups in total. The van der Waals surface area contributed by atoms with Crippen LogP contribution >= 0.6 is 0 Å². The third-order valence-electron chi connectivity index (χ3n) is 4.03. The third kappa shape index (κ3) is 4.66. The SMILES string of the molecule is CCN(CC)S(=O)(=O)c1ccc(C(=O)/C=C/c2ccccc2[N+](=O)[O-])cc1. The van der Waals surface area contributed by atoms with Crippen LogP contribution in [-0.4, -0.2) is 36.5 Å². The molecule has 0 fully saturated rings. The zero-order valence-corrected chi connectivity index (χ0v) is 15.8. The van der Waals surface area contributed by atoms with Gasteiger partial charge in [0.1, 0.15) is 0 Å². The largest absolute Gasteiger partial charge is 0.289 e. The first kappa shape index (κ1) is 20.5. The topological polar surface area (TPSA) is 97.6 Å². The smallest absolute Gasteiger partial charge is 0.276 e. The van der Waals surface area contributed by atoms with Crippen molar-refractivity contribution in [3.63, 3.8) is 0 Å². The molecule has 0 aliphatic rings. The lowest BCUT2D eigenvalue weighted by Crippen LogP contribution is -2.30. The second kappa shape index (κ2) is 8.70. The Labute approximate surface area is 158 Å². The highest BCUT2D eigenvalue weighted by atomic mass is 32.2. The van der Waals surface area contributed by atoms with Crippen LogP contribution in [0.2, 0.25) is 0 Å². The summed E-state index contributed by atoms with van der Waals surface area (Å²) < 4.78 is 26.2. The molecular formula is C19H20N2O5S. The van der Waals surface area contributed by atoms with Gasteiger partial charge in [0.25, 0.3) is 5.69 Å². The Morgan fingerprint density at radius 2 is 1.67 bits per heavy atom. The van der Waals surface area contributed by atoms with Crippen LogP contribution in [0.15, 0.2) is 59.5 Å². The van der Waals surface area contributed by atoms with E-state index in [1.165, 1.54) is 46.8 Å². The minimum atomic E-state index is -3.59. The Hall–Kier alpha value is -2.84. The zero-order valence-electron chi connectivity index (χ0n) is 15.0. The molecule has 2 aromatic carbocycles. The predicted molar refractivity (Wildman–Crippen MR) is 103 cm³/mol. The summed E-state index contributed by atoms with van der Waals surface area (Å²) in [4.78, 5) is 22.9. The number of hydrogen-bond acceptors (Lipinski definition) is 5. The summed E-state index contributed by atoms with van der Waals surface area (Å²) in [7, 11) is -3.59. The molecule has 2 rings (SSSR count). The van der Waals surface area contributed by atoms with Crippen molar-refractivity contribution in [2.75, 3.05) is 13.1 Å². The van der Waals surface area contributed by atoms with Gasteiger partial charge in [-0.25, -0.2) is 8.42 Å². The Balaban J connectivity index is 2.23. The van der Waals surface area contributed by atoms with Crippen LogP contribution in [0.25, 0.3) is 6.08 Å². The van der Waals surface area contributed by atoms with Gasteiger partial charge < -0.3 is 0 Å². The van der Waals surface area contributed by atoms with Gasteiger partial charge >= 0.3 is 0 Å². The van der Waals surface area contributed by atoms with E-state index in [-0.39, 0.29) is 16.4 Å². The molecular weight excluding hydrogens is 368 g/mol. The van der Waals surface area contributed by atoms with Crippen LogP contribution in [0.3, 0.4) is 0 Å². The van der Waals surface area contributed by atoms with Crippen LogP contribution in [0.5, 0.6) is 0 Å². The lowest BCUT2D eigenvalue weighted by atomic mass is 10.1. The summed E-state index contributed by atoms with van der Waals surface area (Å²) >= 11 is 0. The summed E-state index contributed by atoms with van der Waals surface area (Å²) in [6.07, 6.45) is 2.61. The van der Waals surface area contributed by atoms with Gasteiger partial charge in [0.15, 0.2) is 5.78 Å². The van der Waals surface area contributed by atoms with Crippen molar-refractivity contribution in [2.45, 2.75) is 18.7 Å². The van der Waals surface area contributed by atoms with Crippen LogP contribution < -0.4 is 0 Å². The van der Waals surface area contributed by atoms with Crippen LogP contribution in [0, 0.1) is 10.1 Å². The molecule has 0 radical (unpaired) electrons. The highest BCUT2D eigenvalue weighted by Gasteiger charge is 2.21. The van der Waals surface area contributed by atoms with Gasteiger partial charge in [0.2, 0.25) is 10.0 Å². The maximum Gasteiger partial charge on any atom is 0.276 e. The second-order valence-corrected chi connectivity index (χ2v) is 7.57. The zero-order chi connectivity index (χ0) is 20.0. The van der Waals surface area contributed by atoms with Crippen molar-refractivity contribution in [2.24, 2.45) is 0 Å². The summed E-state index contributed by atoms with van der Waals surface area (Å²) in [5.74, 6) is -0.375. The minimum absolute atomic E-state index is 0.0952. The molecule has 0 aliphatic carbocycles. The number of carbonyl (C=O) groups is 1. The molecule has 27 heavy (non-hydrogen) atoms. The number of carbonyl (C=O) groups excluding carboxylic acids is 1. The van der Waals surface area contributed by atoms with Gasteiger partial charge in [-0.05, 0) is 42.5 Å². The van der Waals surface area contributed by atoms with Crippen molar-refractivity contribution >= 4 is 27.6 Å². The number of ketones is 1. The highest BCUT2D eigenvalue weighted by molar-refractivity contribution is 7.89. The molecule has 2 aromatic rings. The van der Waals surface area contributed by atoms with Gasteiger partial charge in [-0.2, -0.15) is 4.31 Å². The predicted octanol–water partition coefficient (Wildman–Crippen LogP) is 3.52. The first-order chi connectivity index (χ1) is 12.8. The third-order valence-corrected chi connectivity index (χ3v) is 6.09. The van der Waals surface area contributed by atoms with E-state index in [1.54, 1.807) is 32.0 Å². The number of hydrogen-bond donors (Lipinski definition) is 0. The summed E-state index contributed by atoms with van der Waals surface area (Å²) in [6, 6.07) is 11.7. The first-order valence-corrected chi connectivity index (χ1v) is 9.81. The van der Waals surface area contributed by atoms with E-state index in [2.05, 4.69) is 0 Å². The van der Waals surface area contributed by atoms with Gasteiger partial charge in [-0.15, -0.1) is 0 Å². The van der Waals surface area contributed by atoms with Crippen molar-refractivity contribution in [1.29, 1.82) is 0 Å². The number of rotatable bonds is 8. The van der Waals surface area contributed by atoms with E-state index in [9.17, 15) is 23.3 Å². The number of nitro groups is 1. The fourth-order valence-corrected chi connectivity index (χ4v) is 4.02. The average Bonchev–Trinajstić information content (AvgIpc) is 2.67. The number of nitro benzene ring substituents is 1. The first-order valence-electron chi connectivity index (χ1n) is 8.37. The molecule has 0 aromatic heterocycles. The van der Waals surface area contributed by atoms with Crippen LogP contribution in [0.1, 0.15) is 29.8 Å². The van der Waals surface area contributed by atoms with Crippen LogP contribution in [-0.2, 0) is 10.0 Å². The van der Waals surface area contributed by atoms with Crippen LogP contribution in [0.4, 0.5) is 5.69 Å². The Morgan fingerprint density at radius 3 is 2.22 bits per heavy atom. The number of para-hydroxylation sites is 1. The molecule has 7 nitrogen and oxygen atoms in total. The summed E-state index contributed by atoms with van der Waals surface area (Å²) in [5, 5.41) is 11.0. The molecule has 0 spiro atoms. The lowest BCUT2D eigenvalue weighted by Gasteiger charge is -2.18. The van der Waals surface area contributed by atoms with E-state index in [0.717, 1.165) is 0 Å². The molecule has 0 saturated carbocycles. The number of sulfonamides is 1. The van der Waals surface area contributed by atoms with Crippen molar-refractivity contribution in [3.8, 4) is 0 Å². The molecule has 0 bridgehead atoms. The summed E-state index contributed by atoms with van der Waals surface area (Å²) in [5.41, 5.74) is 0.516. The van der Waals surface area contributed by atoms with E-state index < -0.39 is 14.9 Å². The molecule has 0 heterocycles. The molecule has 0 atom stereocenters. The maximum atomic E-state index is 12.5. The van der Waals surface area contributed by atoms with E-state index in [1.807, 2.05) is 0 Å². The van der Waals surface area contributed by atoms with Crippen molar-refractivity contribution in [1.82, 2.24) is 4.31 Å². The second-order valence-electron chi connectivity index (χ2n) is 5.63. The molecule has 8 heteroatoms. The monoisotopic (exact) mass is 388 g/mol. The van der Waals surface area contributed by atoms with Crippen molar-refractivity contribution < 1.29 is 18.1 Å².